The van der Waals surface area contributed by atoms with E-state index < -0.39 is 0 Å². The van der Waals surface area contributed by atoms with Gasteiger partial charge in [0.05, 0.1) is 13.2 Å². The Bertz CT molecular complexity index is 834. The standard InChI is InChI=1S/C33H51FO3/c1-5-6-7-8-30-19-20-31(21-32(30)34)29-17-15-28(16-18-29)27-13-11-25(12-14-27)9-10-26(22-36-4)23-37-33(35)24(2)3/h19-21,25-29H,2,5-18,22-23H2,1,3-4H3. The van der Waals surface area contributed by atoms with Gasteiger partial charge in [-0.3, -0.25) is 0 Å². The number of rotatable bonds is 14. The summed E-state index contributed by atoms with van der Waals surface area (Å²) in [5.74, 6) is 2.98. The van der Waals surface area contributed by atoms with Gasteiger partial charge < -0.3 is 9.47 Å². The van der Waals surface area contributed by atoms with E-state index in [1.165, 1.54) is 76.2 Å². The van der Waals surface area contributed by atoms with Gasteiger partial charge in [0.1, 0.15) is 5.82 Å². The van der Waals surface area contributed by atoms with Crippen LogP contribution in [-0.4, -0.2) is 26.3 Å². The summed E-state index contributed by atoms with van der Waals surface area (Å²) in [7, 11) is 1.72. The molecule has 1 atom stereocenters. The number of hydrogen-bond acceptors (Lipinski definition) is 3. The lowest BCUT2D eigenvalue weighted by Gasteiger charge is -2.38. The number of methoxy groups -OCH3 is 1. The van der Waals surface area contributed by atoms with Crippen molar-refractivity contribution in [3.8, 4) is 0 Å². The van der Waals surface area contributed by atoms with Gasteiger partial charge in [-0.05, 0) is 112 Å². The minimum absolute atomic E-state index is 0.00997. The zero-order chi connectivity index (χ0) is 26.6. The van der Waals surface area contributed by atoms with Crippen LogP contribution in [-0.2, 0) is 20.7 Å². The van der Waals surface area contributed by atoms with E-state index in [0.29, 0.717) is 24.7 Å². The van der Waals surface area contributed by atoms with Crippen LogP contribution in [0.5, 0.6) is 0 Å². The molecule has 0 amide bonds. The monoisotopic (exact) mass is 514 g/mol. The topological polar surface area (TPSA) is 35.5 Å². The maximum atomic E-state index is 14.7. The van der Waals surface area contributed by atoms with Crippen LogP contribution < -0.4 is 0 Å². The first-order valence-corrected chi connectivity index (χ1v) is 15.0. The maximum absolute atomic E-state index is 14.7. The average Bonchev–Trinajstić information content (AvgIpc) is 2.91. The van der Waals surface area contributed by atoms with Crippen molar-refractivity contribution < 1.29 is 18.7 Å². The molecule has 208 valence electrons. The van der Waals surface area contributed by atoms with Crippen molar-refractivity contribution in [2.24, 2.45) is 23.7 Å². The summed E-state index contributed by atoms with van der Waals surface area (Å²) in [5.41, 5.74) is 2.56. The quantitative estimate of drug-likeness (QED) is 0.141. The van der Waals surface area contributed by atoms with Crippen LogP contribution in [0.2, 0.25) is 0 Å². The second-order valence-corrected chi connectivity index (χ2v) is 12.0. The maximum Gasteiger partial charge on any atom is 0.333 e. The molecule has 1 aromatic carbocycles. The van der Waals surface area contributed by atoms with Crippen LogP contribution in [0, 0.1) is 29.5 Å². The molecule has 2 fully saturated rings. The highest BCUT2D eigenvalue weighted by Gasteiger charge is 2.31. The van der Waals surface area contributed by atoms with Crippen molar-refractivity contribution in [3.05, 3.63) is 47.3 Å². The molecule has 4 heteroatoms. The molecule has 0 aromatic heterocycles. The summed E-state index contributed by atoms with van der Waals surface area (Å²) in [6.45, 7) is 8.59. The van der Waals surface area contributed by atoms with Crippen molar-refractivity contribution >= 4 is 5.97 Å². The van der Waals surface area contributed by atoms with Crippen LogP contribution in [0.4, 0.5) is 4.39 Å². The normalized spacial score (nSPS) is 25.0. The molecule has 0 bridgehead atoms. The number of carbonyl (C=O) groups is 1. The van der Waals surface area contributed by atoms with Crippen molar-refractivity contribution in [1.29, 1.82) is 0 Å². The SMILES string of the molecule is C=C(C)C(=O)OCC(CCC1CCC(C2CCC(c3ccc(CCCCC)c(F)c3)CC2)CC1)COC. The molecule has 3 rings (SSSR count). The Morgan fingerprint density at radius 3 is 2.30 bits per heavy atom. The summed E-state index contributed by atoms with van der Waals surface area (Å²) < 4.78 is 25.4. The highest BCUT2D eigenvalue weighted by atomic mass is 19.1. The van der Waals surface area contributed by atoms with Gasteiger partial charge in [0.2, 0.25) is 0 Å². The minimum Gasteiger partial charge on any atom is -0.462 e. The predicted octanol–water partition coefficient (Wildman–Crippen LogP) is 8.80. The highest BCUT2D eigenvalue weighted by molar-refractivity contribution is 5.86. The van der Waals surface area contributed by atoms with Gasteiger partial charge in [-0.1, -0.05) is 51.3 Å². The lowest BCUT2D eigenvalue weighted by atomic mass is 9.68. The lowest BCUT2D eigenvalue weighted by molar-refractivity contribution is -0.140. The number of ether oxygens (including phenoxy) is 2. The molecule has 0 aliphatic heterocycles. The van der Waals surface area contributed by atoms with E-state index in [4.69, 9.17) is 9.47 Å². The third-order valence-corrected chi connectivity index (χ3v) is 9.11. The molecule has 37 heavy (non-hydrogen) atoms. The molecule has 3 nitrogen and oxygen atoms in total. The number of hydrogen-bond donors (Lipinski definition) is 0. The Labute approximate surface area is 225 Å². The molecule has 2 aliphatic carbocycles. The number of aryl methyl sites for hydroxylation is 1. The first-order valence-electron chi connectivity index (χ1n) is 15.0. The van der Waals surface area contributed by atoms with Crippen molar-refractivity contribution in [2.45, 2.75) is 110 Å². The Hall–Kier alpha value is -1.68. The van der Waals surface area contributed by atoms with E-state index in [-0.39, 0.29) is 17.7 Å². The van der Waals surface area contributed by atoms with E-state index in [9.17, 15) is 9.18 Å². The van der Waals surface area contributed by atoms with Crippen molar-refractivity contribution in [2.75, 3.05) is 20.3 Å². The van der Waals surface area contributed by atoms with E-state index >= 15 is 0 Å². The van der Waals surface area contributed by atoms with Gasteiger partial charge in [0, 0.05) is 18.6 Å². The van der Waals surface area contributed by atoms with Crippen LogP contribution in [0.3, 0.4) is 0 Å². The number of unbranched alkanes of at least 4 members (excludes halogenated alkanes) is 2. The second kappa shape index (κ2) is 15.7. The van der Waals surface area contributed by atoms with E-state index in [1.54, 1.807) is 14.0 Å². The predicted molar refractivity (Wildman–Crippen MR) is 150 cm³/mol. The Morgan fingerprint density at radius 1 is 1.03 bits per heavy atom. The zero-order valence-electron chi connectivity index (χ0n) is 23.7. The summed E-state index contributed by atoms with van der Waals surface area (Å²) >= 11 is 0. The third kappa shape index (κ3) is 9.53. The van der Waals surface area contributed by atoms with Gasteiger partial charge in [0.15, 0.2) is 0 Å². The van der Waals surface area contributed by atoms with E-state index in [2.05, 4.69) is 25.6 Å². The van der Waals surface area contributed by atoms with Crippen molar-refractivity contribution in [3.63, 3.8) is 0 Å². The Kier molecular flexibility index (Phi) is 12.6. The number of benzene rings is 1. The fourth-order valence-corrected chi connectivity index (χ4v) is 6.70. The molecule has 2 aliphatic rings. The summed E-state index contributed by atoms with van der Waals surface area (Å²) in [4.78, 5) is 11.7. The number of halogens is 1. The molecule has 0 saturated heterocycles. The van der Waals surface area contributed by atoms with Crippen molar-refractivity contribution in [1.82, 2.24) is 0 Å². The Balaban J connectivity index is 1.37. The van der Waals surface area contributed by atoms with Gasteiger partial charge in [0.25, 0.3) is 0 Å². The van der Waals surface area contributed by atoms with E-state index in [1.807, 2.05) is 6.07 Å². The zero-order valence-corrected chi connectivity index (χ0v) is 23.7. The number of carbonyl (C=O) groups excluding carboxylic acids is 1. The first kappa shape index (κ1) is 29.9. The van der Waals surface area contributed by atoms with Crippen LogP contribution in [0.1, 0.15) is 114 Å². The van der Waals surface area contributed by atoms with Gasteiger partial charge in [-0.25, -0.2) is 9.18 Å². The van der Waals surface area contributed by atoms with Crippen LogP contribution >= 0.6 is 0 Å². The molecule has 2 saturated carbocycles. The lowest BCUT2D eigenvalue weighted by Crippen LogP contribution is -2.26. The molecular formula is C33H51FO3. The highest BCUT2D eigenvalue weighted by Crippen LogP contribution is 2.44. The molecule has 1 unspecified atom stereocenters. The summed E-state index contributed by atoms with van der Waals surface area (Å²) in [6, 6.07) is 6.10. The fourth-order valence-electron chi connectivity index (χ4n) is 6.70. The van der Waals surface area contributed by atoms with Gasteiger partial charge in [-0.2, -0.15) is 0 Å². The molecule has 0 radical (unpaired) electrons. The summed E-state index contributed by atoms with van der Waals surface area (Å²) in [5, 5.41) is 0. The molecule has 0 heterocycles. The molecular weight excluding hydrogens is 463 g/mol. The smallest absolute Gasteiger partial charge is 0.333 e. The molecule has 1 aromatic rings. The third-order valence-electron chi connectivity index (χ3n) is 9.11. The van der Waals surface area contributed by atoms with Crippen LogP contribution in [0.25, 0.3) is 0 Å². The van der Waals surface area contributed by atoms with E-state index in [0.717, 1.165) is 42.6 Å². The number of esters is 1. The Morgan fingerprint density at radius 2 is 1.70 bits per heavy atom. The fraction of sp³-hybridized carbons (Fsp3) is 0.727. The van der Waals surface area contributed by atoms with Gasteiger partial charge >= 0.3 is 5.97 Å². The largest absolute Gasteiger partial charge is 0.462 e. The molecule has 0 N–H and O–H groups in total. The molecule has 0 spiro atoms. The first-order chi connectivity index (χ1) is 17.9. The summed E-state index contributed by atoms with van der Waals surface area (Å²) in [6.07, 6.45) is 16.9. The van der Waals surface area contributed by atoms with Crippen LogP contribution in [0.15, 0.2) is 30.4 Å². The average molecular weight is 515 g/mol. The second-order valence-electron chi connectivity index (χ2n) is 12.0. The minimum atomic E-state index is -0.305. The van der Waals surface area contributed by atoms with Gasteiger partial charge in [-0.15, -0.1) is 0 Å².